The molecule has 0 saturated carbocycles. The van der Waals surface area contributed by atoms with E-state index in [1.165, 1.54) is 10.9 Å². The fraction of sp³-hybridized carbons (Fsp3) is 0.481. The van der Waals surface area contributed by atoms with Crippen LogP contribution >= 0.6 is 0 Å². The van der Waals surface area contributed by atoms with Gasteiger partial charge in [0.2, 0.25) is 5.91 Å². The number of hydrogen-bond acceptors (Lipinski definition) is 8. The van der Waals surface area contributed by atoms with Crippen LogP contribution < -0.4 is 10.6 Å². The molecule has 220 valence electrons. The Morgan fingerprint density at radius 3 is 2.27 bits per heavy atom. The van der Waals surface area contributed by atoms with Crippen molar-refractivity contribution in [1.82, 2.24) is 19.9 Å². The van der Waals surface area contributed by atoms with Gasteiger partial charge < -0.3 is 14.6 Å². The first-order valence-electron chi connectivity index (χ1n) is 12.7. The maximum Gasteiger partial charge on any atom is 0.413 e. The normalized spacial score (nSPS) is 13.0. The SMILES string of the molecule is CC(C(=O)Nc1cc(C(C)(C)C(F)(F)F)on1)c1ccc(-c2nn(C(C)C)c(NC(=O)OC(C)(C)C)c2C#N)cn1. The van der Waals surface area contributed by atoms with Gasteiger partial charge in [0.15, 0.2) is 17.4 Å². The molecule has 3 aromatic heterocycles. The Morgan fingerprint density at radius 1 is 1.10 bits per heavy atom. The molecule has 0 aliphatic rings. The molecule has 3 heterocycles. The summed E-state index contributed by atoms with van der Waals surface area (Å²) in [6.07, 6.45) is -3.88. The number of rotatable bonds is 7. The number of amides is 2. The molecule has 0 aliphatic carbocycles. The molecule has 0 radical (unpaired) electrons. The zero-order chi connectivity index (χ0) is 30.9. The van der Waals surface area contributed by atoms with Crippen LogP contribution in [-0.2, 0) is 14.9 Å². The van der Waals surface area contributed by atoms with E-state index in [4.69, 9.17) is 9.26 Å². The molecule has 0 aromatic carbocycles. The number of carbonyl (C=O) groups is 2. The molecular weight excluding hydrogens is 543 g/mol. The fourth-order valence-electron chi connectivity index (χ4n) is 3.57. The molecule has 0 saturated heterocycles. The molecule has 2 N–H and O–H groups in total. The van der Waals surface area contributed by atoms with E-state index in [2.05, 4.69) is 31.9 Å². The van der Waals surface area contributed by atoms with E-state index in [1.54, 1.807) is 39.8 Å². The van der Waals surface area contributed by atoms with Crippen LogP contribution in [-0.4, -0.2) is 43.7 Å². The summed E-state index contributed by atoms with van der Waals surface area (Å²) in [5.74, 6) is -1.81. The minimum absolute atomic E-state index is 0.105. The molecule has 41 heavy (non-hydrogen) atoms. The van der Waals surface area contributed by atoms with E-state index in [0.29, 0.717) is 11.3 Å². The van der Waals surface area contributed by atoms with Gasteiger partial charge in [-0.25, -0.2) is 9.48 Å². The number of hydrogen-bond donors (Lipinski definition) is 2. The summed E-state index contributed by atoms with van der Waals surface area (Å²) >= 11 is 0. The topological polar surface area (TPSA) is 148 Å². The average molecular weight is 576 g/mol. The van der Waals surface area contributed by atoms with Gasteiger partial charge in [0.25, 0.3) is 0 Å². The van der Waals surface area contributed by atoms with Crippen molar-refractivity contribution in [2.24, 2.45) is 0 Å². The van der Waals surface area contributed by atoms with Crippen molar-refractivity contribution in [3.63, 3.8) is 0 Å². The number of halogens is 3. The number of nitrogens with zero attached hydrogens (tertiary/aromatic N) is 5. The molecule has 2 amide bonds. The van der Waals surface area contributed by atoms with Crippen LogP contribution in [0.4, 0.5) is 29.6 Å². The molecule has 14 heteroatoms. The Hall–Kier alpha value is -4.41. The van der Waals surface area contributed by atoms with Crippen LogP contribution in [0.15, 0.2) is 28.9 Å². The van der Waals surface area contributed by atoms with E-state index in [0.717, 1.165) is 19.9 Å². The minimum atomic E-state index is -4.57. The van der Waals surface area contributed by atoms with Crippen molar-refractivity contribution in [2.75, 3.05) is 10.6 Å². The zero-order valence-corrected chi connectivity index (χ0v) is 24.0. The lowest BCUT2D eigenvalue weighted by Gasteiger charge is -2.24. The third-order valence-electron chi connectivity index (χ3n) is 6.11. The molecule has 3 rings (SSSR count). The van der Waals surface area contributed by atoms with Crippen LogP contribution in [0.5, 0.6) is 0 Å². The number of ether oxygens (including phenoxy) is 1. The minimum Gasteiger partial charge on any atom is -0.444 e. The summed E-state index contributed by atoms with van der Waals surface area (Å²) in [4.78, 5) is 29.6. The van der Waals surface area contributed by atoms with E-state index >= 15 is 0 Å². The number of alkyl halides is 3. The van der Waals surface area contributed by atoms with Gasteiger partial charge in [-0.2, -0.15) is 23.5 Å². The van der Waals surface area contributed by atoms with E-state index < -0.39 is 40.9 Å². The maximum absolute atomic E-state index is 13.3. The molecule has 0 bridgehead atoms. The third kappa shape index (κ3) is 6.85. The Balaban J connectivity index is 1.82. The lowest BCUT2D eigenvalue weighted by Crippen LogP contribution is -2.35. The number of anilines is 2. The Morgan fingerprint density at radius 2 is 1.76 bits per heavy atom. The van der Waals surface area contributed by atoms with Crippen molar-refractivity contribution < 1.29 is 32.0 Å². The van der Waals surface area contributed by atoms with E-state index in [9.17, 15) is 28.0 Å². The highest BCUT2D eigenvalue weighted by molar-refractivity contribution is 5.94. The van der Waals surface area contributed by atoms with Crippen LogP contribution in [0.25, 0.3) is 11.3 Å². The molecule has 3 aromatic rings. The molecule has 0 fully saturated rings. The number of nitriles is 1. The Labute approximate surface area is 235 Å². The second-order valence-corrected chi connectivity index (χ2v) is 11.2. The van der Waals surface area contributed by atoms with Gasteiger partial charge in [-0.3, -0.25) is 15.1 Å². The van der Waals surface area contributed by atoms with Gasteiger partial charge >= 0.3 is 12.3 Å². The smallest absolute Gasteiger partial charge is 0.413 e. The molecule has 0 spiro atoms. The van der Waals surface area contributed by atoms with Crippen LogP contribution in [0, 0.1) is 11.3 Å². The second-order valence-electron chi connectivity index (χ2n) is 11.2. The third-order valence-corrected chi connectivity index (χ3v) is 6.11. The van der Waals surface area contributed by atoms with Gasteiger partial charge in [-0.05, 0) is 67.5 Å². The molecule has 0 aliphatic heterocycles. The van der Waals surface area contributed by atoms with Crippen molar-refractivity contribution in [2.45, 2.75) is 84.5 Å². The van der Waals surface area contributed by atoms with Gasteiger partial charge in [-0.1, -0.05) is 5.16 Å². The summed E-state index contributed by atoms with van der Waals surface area (Å²) in [5, 5.41) is 23.0. The van der Waals surface area contributed by atoms with Gasteiger partial charge in [0.05, 0.1) is 11.6 Å². The summed E-state index contributed by atoms with van der Waals surface area (Å²) < 4.78 is 51.5. The highest BCUT2D eigenvalue weighted by atomic mass is 19.4. The van der Waals surface area contributed by atoms with Gasteiger partial charge in [0, 0.05) is 23.9 Å². The number of carbonyl (C=O) groups excluding carboxylic acids is 2. The first-order valence-corrected chi connectivity index (χ1v) is 12.7. The van der Waals surface area contributed by atoms with Crippen LogP contribution in [0.1, 0.15) is 84.4 Å². The molecule has 1 atom stereocenters. The largest absolute Gasteiger partial charge is 0.444 e. The molecule has 1 unspecified atom stereocenters. The first kappa shape index (κ1) is 31.1. The predicted octanol–water partition coefficient (Wildman–Crippen LogP) is 6.31. The van der Waals surface area contributed by atoms with E-state index in [1.807, 2.05) is 13.8 Å². The predicted molar refractivity (Wildman–Crippen MR) is 143 cm³/mol. The first-order chi connectivity index (χ1) is 18.9. The Bertz CT molecular complexity index is 1460. The average Bonchev–Trinajstić information content (AvgIpc) is 3.46. The standard InChI is InChI=1S/C27H32F3N7O4/c1-14(2)37-22(34-24(39)40-25(4,5)6)17(12-31)21(35-37)16-9-10-18(32-13-16)15(3)23(38)33-20-11-19(41-36-20)26(7,8)27(28,29)30/h9-11,13-15H,1-8H3,(H,34,39)(H,33,36,38). The van der Waals surface area contributed by atoms with Crippen molar-refractivity contribution >= 4 is 23.6 Å². The monoisotopic (exact) mass is 575 g/mol. The fourth-order valence-corrected chi connectivity index (χ4v) is 3.57. The highest BCUT2D eigenvalue weighted by Gasteiger charge is 2.51. The van der Waals surface area contributed by atoms with Gasteiger partial charge in [0.1, 0.15) is 28.3 Å². The number of aromatic nitrogens is 4. The lowest BCUT2D eigenvalue weighted by atomic mass is 9.89. The van der Waals surface area contributed by atoms with E-state index in [-0.39, 0.29) is 28.9 Å². The Kier molecular flexibility index (Phi) is 8.52. The second kappa shape index (κ2) is 11.2. The van der Waals surface area contributed by atoms with Crippen molar-refractivity contribution in [3.05, 3.63) is 41.4 Å². The maximum atomic E-state index is 13.3. The van der Waals surface area contributed by atoms with Crippen LogP contribution in [0.2, 0.25) is 0 Å². The molecular formula is C27H32F3N7O4. The molecule has 11 nitrogen and oxygen atoms in total. The zero-order valence-electron chi connectivity index (χ0n) is 24.0. The quantitative estimate of drug-likeness (QED) is 0.333. The van der Waals surface area contributed by atoms with Crippen LogP contribution in [0.3, 0.4) is 0 Å². The summed E-state index contributed by atoms with van der Waals surface area (Å²) in [7, 11) is 0. The number of nitrogens with one attached hydrogen (secondary N) is 2. The highest BCUT2D eigenvalue weighted by Crippen LogP contribution is 2.41. The van der Waals surface area contributed by atoms with Crippen molar-refractivity contribution in [1.29, 1.82) is 5.26 Å². The number of pyridine rings is 1. The summed E-state index contributed by atoms with van der Waals surface area (Å²) in [6.45, 7) is 12.3. The lowest BCUT2D eigenvalue weighted by molar-refractivity contribution is -0.185. The van der Waals surface area contributed by atoms with Crippen molar-refractivity contribution in [3.8, 4) is 17.3 Å². The summed E-state index contributed by atoms with van der Waals surface area (Å²) in [6, 6.07) is 6.09. The summed E-state index contributed by atoms with van der Waals surface area (Å²) in [5.41, 5.74) is -1.86. The van der Waals surface area contributed by atoms with Gasteiger partial charge in [-0.15, -0.1) is 0 Å².